The molecule has 0 amide bonds. The third-order valence-electron chi connectivity index (χ3n) is 2.22. The molecule has 2 atom stereocenters. The molecule has 1 heteroatoms. The van der Waals surface area contributed by atoms with Crippen molar-refractivity contribution >= 4 is 6.29 Å². The van der Waals surface area contributed by atoms with E-state index in [0.717, 1.165) is 25.0 Å². The van der Waals surface area contributed by atoms with Crippen molar-refractivity contribution in [2.24, 2.45) is 17.8 Å². The molecular weight excluding hydrogens is 148 g/mol. The van der Waals surface area contributed by atoms with Gasteiger partial charge in [-0.15, -0.1) is 11.8 Å². The SMILES string of the molecule is CC(C)C#CC[C@H]1C[C@H]1CC=O. The highest BCUT2D eigenvalue weighted by atomic mass is 16.1. The lowest BCUT2D eigenvalue weighted by atomic mass is 10.2. The van der Waals surface area contributed by atoms with Gasteiger partial charge in [0.1, 0.15) is 6.29 Å². The van der Waals surface area contributed by atoms with E-state index >= 15 is 0 Å². The van der Waals surface area contributed by atoms with Gasteiger partial charge in [-0.25, -0.2) is 0 Å². The molecule has 0 aromatic rings. The van der Waals surface area contributed by atoms with Crippen LogP contribution in [-0.2, 0) is 4.79 Å². The third kappa shape index (κ3) is 3.09. The van der Waals surface area contributed by atoms with Crippen LogP contribution in [0.1, 0.15) is 33.1 Å². The van der Waals surface area contributed by atoms with Crippen LogP contribution in [0, 0.1) is 29.6 Å². The first-order valence-electron chi connectivity index (χ1n) is 4.66. The van der Waals surface area contributed by atoms with E-state index in [0.29, 0.717) is 11.8 Å². The predicted molar refractivity (Wildman–Crippen MR) is 49.5 cm³/mol. The maximum atomic E-state index is 10.1. The summed E-state index contributed by atoms with van der Waals surface area (Å²) >= 11 is 0. The first-order chi connectivity index (χ1) is 5.74. The highest BCUT2D eigenvalue weighted by Gasteiger charge is 2.35. The molecule has 12 heavy (non-hydrogen) atoms. The molecule has 1 nitrogen and oxygen atoms in total. The first kappa shape index (κ1) is 9.32. The fraction of sp³-hybridized carbons (Fsp3) is 0.727. The summed E-state index contributed by atoms with van der Waals surface area (Å²) in [5.74, 6) is 8.17. The molecular formula is C11H16O. The average Bonchev–Trinajstić information content (AvgIpc) is 2.68. The van der Waals surface area contributed by atoms with Gasteiger partial charge >= 0.3 is 0 Å². The lowest BCUT2D eigenvalue weighted by Crippen LogP contribution is -1.83. The van der Waals surface area contributed by atoms with Crippen molar-refractivity contribution < 1.29 is 4.79 Å². The summed E-state index contributed by atoms with van der Waals surface area (Å²) in [4.78, 5) is 10.1. The van der Waals surface area contributed by atoms with Crippen molar-refractivity contribution in [2.45, 2.75) is 33.1 Å². The van der Waals surface area contributed by atoms with Gasteiger partial charge < -0.3 is 4.79 Å². The van der Waals surface area contributed by atoms with Gasteiger partial charge in [-0.05, 0) is 18.3 Å². The van der Waals surface area contributed by atoms with E-state index in [-0.39, 0.29) is 0 Å². The summed E-state index contributed by atoms with van der Waals surface area (Å²) in [6.45, 7) is 4.20. The molecule has 0 aliphatic heterocycles. The quantitative estimate of drug-likeness (QED) is 0.462. The maximum Gasteiger partial charge on any atom is 0.120 e. The molecule has 1 saturated carbocycles. The van der Waals surface area contributed by atoms with E-state index in [9.17, 15) is 4.79 Å². The van der Waals surface area contributed by atoms with Crippen LogP contribution in [0.25, 0.3) is 0 Å². The zero-order valence-electron chi connectivity index (χ0n) is 7.84. The molecule has 1 aliphatic carbocycles. The van der Waals surface area contributed by atoms with Gasteiger partial charge in [0.25, 0.3) is 0 Å². The van der Waals surface area contributed by atoms with Gasteiger partial charge in [0, 0.05) is 18.8 Å². The van der Waals surface area contributed by atoms with E-state index in [4.69, 9.17) is 0 Å². The van der Waals surface area contributed by atoms with Gasteiger partial charge in [0.05, 0.1) is 0 Å². The largest absolute Gasteiger partial charge is 0.303 e. The molecule has 1 aliphatic rings. The van der Waals surface area contributed by atoms with Gasteiger partial charge in [-0.2, -0.15) is 0 Å². The molecule has 0 radical (unpaired) electrons. The molecule has 66 valence electrons. The summed E-state index contributed by atoms with van der Waals surface area (Å²) in [7, 11) is 0. The molecule has 0 bridgehead atoms. The Hall–Kier alpha value is -0.770. The van der Waals surface area contributed by atoms with Gasteiger partial charge in [0.2, 0.25) is 0 Å². The Labute approximate surface area is 74.5 Å². The van der Waals surface area contributed by atoms with Crippen LogP contribution < -0.4 is 0 Å². The van der Waals surface area contributed by atoms with Crippen molar-refractivity contribution in [3.63, 3.8) is 0 Å². The molecule has 0 unspecified atom stereocenters. The Morgan fingerprint density at radius 1 is 1.50 bits per heavy atom. The third-order valence-corrected chi connectivity index (χ3v) is 2.22. The summed E-state index contributed by atoms with van der Waals surface area (Å²) in [6.07, 6.45) is 3.98. The van der Waals surface area contributed by atoms with Crippen LogP contribution in [0.4, 0.5) is 0 Å². The number of carbonyl (C=O) groups excluding carboxylic acids is 1. The van der Waals surface area contributed by atoms with Crippen LogP contribution in [-0.4, -0.2) is 6.29 Å². The minimum atomic E-state index is 0.480. The summed E-state index contributed by atoms with van der Waals surface area (Å²) in [5.41, 5.74) is 0. The van der Waals surface area contributed by atoms with Crippen molar-refractivity contribution in [3.05, 3.63) is 0 Å². The first-order valence-corrected chi connectivity index (χ1v) is 4.66. The minimum Gasteiger partial charge on any atom is -0.303 e. The second-order valence-corrected chi connectivity index (χ2v) is 3.84. The highest BCUT2D eigenvalue weighted by molar-refractivity contribution is 5.50. The molecule has 0 spiro atoms. The number of hydrogen-bond donors (Lipinski definition) is 0. The van der Waals surface area contributed by atoms with Crippen molar-refractivity contribution in [1.82, 2.24) is 0 Å². The molecule has 0 aromatic heterocycles. The predicted octanol–water partition coefficient (Wildman–Crippen LogP) is 2.26. The standard InChI is InChI=1S/C11H16O/c1-9(2)4-3-5-10-8-11(10)6-7-12/h7,9-11H,5-6,8H2,1-2H3/t10-,11+/m0/s1. The summed E-state index contributed by atoms with van der Waals surface area (Å²) in [5, 5.41) is 0. The molecule has 1 fully saturated rings. The van der Waals surface area contributed by atoms with Crippen molar-refractivity contribution in [1.29, 1.82) is 0 Å². The second kappa shape index (κ2) is 4.30. The van der Waals surface area contributed by atoms with Gasteiger partial charge in [-0.1, -0.05) is 13.8 Å². The summed E-state index contributed by atoms with van der Waals surface area (Å²) < 4.78 is 0. The monoisotopic (exact) mass is 164 g/mol. The van der Waals surface area contributed by atoms with E-state index in [1.54, 1.807) is 0 Å². The van der Waals surface area contributed by atoms with E-state index in [1.807, 2.05) is 0 Å². The van der Waals surface area contributed by atoms with Gasteiger partial charge in [-0.3, -0.25) is 0 Å². The Balaban J connectivity index is 2.12. The van der Waals surface area contributed by atoms with Crippen LogP contribution in [0.15, 0.2) is 0 Å². The zero-order chi connectivity index (χ0) is 8.97. The topological polar surface area (TPSA) is 17.1 Å². The molecule has 1 rings (SSSR count). The molecule has 0 N–H and O–H groups in total. The van der Waals surface area contributed by atoms with Crippen LogP contribution in [0.5, 0.6) is 0 Å². The van der Waals surface area contributed by atoms with Crippen molar-refractivity contribution in [3.8, 4) is 11.8 Å². The van der Waals surface area contributed by atoms with Crippen molar-refractivity contribution in [2.75, 3.05) is 0 Å². The Kier molecular flexibility index (Phi) is 3.34. The number of rotatable bonds is 3. The molecule has 0 heterocycles. The Bertz CT molecular complexity index is 207. The Morgan fingerprint density at radius 3 is 2.83 bits per heavy atom. The lowest BCUT2D eigenvalue weighted by molar-refractivity contribution is -0.108. The molecule has 0 saturated heterocycles. The fourth-order valence-electron chi connectivity index (χ4n) is 1.37. The van der Waals surface area contributed by atoms with Crippen LogP contribution in [0.3, 0.4) is 0 Å². The van der Waals surface area contributed by atoms with E-state index < -0.39 is 0 Å². The fourth-order valence-corrected chi connectivity index (χ4v) is 1.37. The lowest BCUT2D eigenvalue weighted by Gasteiger charge is -1.89. The maximum absolute atomic E-state index is 10.1. The zero-order valence-corrected chi connectivity index (χ0v) is 7.84. The normalized spacial score (nSPS) is 26.2. The minimum absolute atomic E-state index is 0.480. The van der Waals surface area contributed by atoms with E-state index in [1.165, 1.54) is 6.42 Å². The number of aldehydes is 1. The number of hydrogen-bond acceptors (Lipinski definition) is 1. The average molecular weight is 164 g/mol. The van der Waals surface area contributed by atoms with E-state index in [2.05, 4.69) is 25.7 Å². The van der Waals surface area contributed by atoms with Crippen LogP contribution >= 0.6 is 0 Å². The second-order valence-electron chi connectivity index (χ2n) is 3.84. The molecule has 0 aromatic carbocycles. The summed E-state index contributed by atoms with van der Waals surface area (Å²) in [6, 6.07) is 0. The van der Waals surface area contributed by atoms with Crippen LogP contribution in [0.2, 0.25) is 0 Å². The Morgan fingerprint density at radius 2 is 2.25 bits per heavy atom. The smallest absolute Gasteiger partial charge is 0.120 e. The van der Waals surface area contributed by atoms with Gasteiger partial charge in [0.15, 0.2) is 0 Å². The number of carbonyl (C=O) groups is 1. The highest BCUT2D eigenvalue weighted by Crippen LogP contribution is 2.42.